The van der Waals surface area contributed by atoms with Crippen LogP contribution in [0.5, 0.6) is 0 Å². The van der Waals surface area contributed by atoms with Crippen LogP contribution in [-0.2, 0) is 11.3 Å². The molecular weight excluding hydrogens is 304 g/mol. The van der Waals surface area contributed by atoms with Crippen molar-refractivity contribution in [3.63, 3.8) is 0 Å². The van der Waals surface area contributed by atoms with Crippen LogP contribution in [0.2, 0.25) is 5.15 Å². The van der Waals surface area contributed by atoms with E-state index in [1.54, 1.807) is 17.3 Å². The van der Waals surface area contributed by atoms with Crippen molar-refractivity contribution < 1.29 is 9.53 Å². The van der Waals surface area contributed by atoms with Gasteiger partial charge in [-0.05, 0) is 34.2 Å². The zero-order valence-corrected chi connectivity index (χ0v) is 14.3. The van der Waals surface area contributed by atoms with Crippen molar-refractivity contribution >= 4 is 17.7 Å². The van der Waals surface area contributed by atoms with Crippen molar-refractivity contribution in [2.45, 2.75) is 45.4 Å². The third-order valence-electron chi connectivity index (χ3n) is 3.56. The van der Waals surface area contributed by atoms with Crippen LogP contribution in [0, 0.1) is 0 Å². The zero-order valence-electron chi connectivity index (χ0n) is 13.5. The first-order chi connectivity index (χ1) is 10.3. The third-order valence-corrected chi connectivity index (χ3v) is 3.88. The second-order valence-corrected chi connectivity index (χ2v) is 6.94. The Morgan fingerprint density at radius 1 is 1.45 bits per heavy atom. The number of rotatable bonds is 3. The van der Waals surface area contributed by atoms with Crippen LogP contribution in [0.1, 0.15) is 32.9 Å². The van der Waals surface area contributed by atoms with Gasteiger partial charge < -0.3 is 9.64 Å². The lowest BCUT2D eigenvalue weighted by Crippen LogP contribution is -2.39. The van der Waals surface area contributed by atoms with Gasteiger partial charge in [0, 0.05) is 38.1 Å². The fraction of sp³-hybridized carbons (Fsp3) is 0.667. The maximum atomic E-state index is 12.1. The summed E-state index contributed by atoms with van der Waals surface area (Å²) in [6.45, 7) is 7.60. The lowest BCUT2D eigenvalue weighted by Gasteiger charge is -2.26. The topological polar surface area (TPSA) is 58.6 Å². The standard InChI is InChI=1S/C15H23ClN4O2/c1-15(2,3)22-14(21)20-8-5-11(9-20)19(4)10-12-13(16)18-7-6-17-12/h6-7,11H,5,8-10H2,1-4H3/t11-/m0/s1. The molecule has 1 saturated heterocycles. The Hall–Kier alpha value is -1.40. The highest BCUT2D eigenvalue weighted by Gasteiger charge is 2.31. The number of amides is 1. The van der Waals surface area contributed by atoms with Gasteiger partial charge in [0.05, 0.1) is 5.69 Å². The van der Waals surface area contributed by atoms with Gasteiger partial charge in [-0.2, -0.15) is 0 Å². The number of likely N-dealkylation sites (tertiary alicyclic amines) is 1. The zero-order chi connectivity index (χ0) is 16.3. The SMILES string of the molecule is CN(Cc1nccnc1Cl)[C@H]1CCN(C(=O)OC(C)(C)C)C1. The maximum Gasteiger partial charge on any atom is 0.410 e. The molecule has 1 fully saturated rings. The predicted molar refractivity (Wildman–Crippen MR) is 84.7 cm³/mol. The minimum atomic E-state index is -0.464. The summed E-state index contributed by atoms with van der Waals surface area (Å²) in [6, 6.07) is 0.269. The van der Waals surface area contributed by atoms with Crippen LogP contribution < -0.4 is 0 Å². The fourth-order valence-corrected chi connectivity index (χ4v) is 2.58. The Bertz CT molecular complexity index is 533. The molecule has 0 radical (unpaired) electrons. The Labute approximate surface area is 136 Å². The van der Waals surface area contributed by atoms with Gasteiger partial charge in [-0.3, -0.25) is 9.88 Å². The highest BCUT2D eigenvalue weighted by molar-refractivity contribution is 6.29. The van der Waals surface area contributed by atoms with E-state index >= 15 is 0 Å². The average Bonchev–Trinajstić information content (AvgIpc) is 2.89. The Kier molecular flexibility index (Phi) is 5.24. The number of halogens is 1. The average molecular weight is 327 g/mol. The van der Waals surface area contributed by atoms with Crippen LogP contribution in [0.25, 0.3) is 0 Å². The normalized spacial score (nSPS) is 18.8. The Morgan fingerprint density at radius 3 is 2.77 bits per heavy atom. The van der Waals surface area contributed by atoms with Crippen molar-refractivity contribution in [3.05, 3.63) is 23.2 Å². The minimum absolute atomic E-state index is 0.249. The molecular formula is C15H23ClN4O2. The second kappa shape index (κ2) is 6.79. The third kappa shape index (κ3) is 4.55. The lowest BCUT2D eigenvalue weighted by molar-refractivity contribution is 0.0282. The summed E-state index contributed by atoms with van der Waals surface area (Å²) in [5.74, 6) is 0. The largest absolute Gasteiger partial charge is 0.444 e. The van der Waals surface area contributed by atoms with Crippen molar-refractivity contribution in [1.82, 2.24) is 19.8 Å². The molecule has 2 heterocycles. The summed E-state index contributed by atoms with van der Waals surface area (Å²) in [4.78, 5) is 24.3. The summed E-state index contributed by atoms with van der Waals surface area (Å²) in [5, 5.41) is 0.427. The number of carbonyl (C=O) groups is 1. The van der Waals surface area contributed by atoms with Crippen molar-refractivity contribution in [2.24, 2.45) is 0 Å². The van der Waals surface area contributed by atoms with Crippen LogP contribution in [0.15, 0.2) is 12.4 Å². The van der Waals surface area contributed by atoms with E-state index in [9.17, 15) is 4.79 Å². The van der Waals surface area contributed by atoms with Crippen molar-refractivity contribution in [2.75, 3.05) is 20.1 Å². The van der Waals surface area contributed by atoms with E-state index in [1.807, 2.05) is 27.8 Å². The summed E-state index contributed by atoms with van der Waals surface area (Å²) in [5.41, 5.74) is 0.288. The van der Waals surface area contributed by atoms with E-state index in [0.29, 0.717) is 24.8 Å². The van der Waals surface area contributed by atoms with Gasteiger partial charge in [0.15, 0.2) is 5.15 Å². The summed E-state index contributed by atoms with van der Waals surface area (Å²) in [7, 11) is 2.01. The van der Waals surface area contributed by atoms with Gasteiger partial charge in [-0.15, -0.1) is 0 Å². The number of likely N-dealkylation sites (N-methyl/N-ethyl adjacent to an activating group) is 1. The fourth-order valence-electron chi connectivity index (χ4n) is 2.42. The quantitative estimate of drug-likeness (QED) is 0.854. The highest BCUT2D eigenvalue weighted by Crippen LogP contribution is 2.20. The summed E-state index contributed by atoms with van der Waals surface area (Å²) < 4.78 is 5.41. The van der Waals surface area contributed by atoms with Crippen LogP contribution in [0.4, 0.5) is 4.79 Å². The second-order valence-electron chi connectivity index (χ2n) is 6.58. The molecule has 0 aliphatic carbocycles. The van der Waals surface area contributed by atoms with E-state index in [2.05, 4.69) is 14.9 Å². The summed E-state index contributed by atoms with van der Waals surface area (Å²) in [6.07, 6.45) is 3.87. The lowest BCUT2D eigenvalue weighted by atomic mass is 10.2. The molecule has 0 aromatic carbocycles. The number of hydrogen-bond acceptors (Lipinski definition) is 5. The number of ether oxygens (including phenoxy) is 1. The predicted octanol–water partition coefficient (Wildman–Crippen LogP) is 2.57. The number of carbonyl (C=O) groups excluding carboxylic acids is 1. The molecule has 1 aromatic rings. The van der Waals surface area contributed by atoms with Crippen LogP contribution in [-0.4, -0.2) is 57.6 Å². The Morgan fingerprint density at radius 2 is 2.14 bits per heavy atom. The van der Waals surface area contributed by atoms with Crippen molar-refractivity contribution in [1.29, 1.82) is 0 Å². The molecule has 7 heteroatoms. The van der Waals surface area contributed by atoms with E-state index < -0.39 is 5.60 Å². The van der Waals surface area contributed by atoms with Crippen LogP contribution in [0.3, 0.4) is 0 Å². The molecule has 1 atom stereocenters. The molecule has 1 amide bonds. The number of hydrogen-bond donors (Lipinski definition) is 0. The van der Waals surface area contributed by atoms with Gasteiger partial charge in [0.25, 0.3) is 0 Å². The highest BCUT2D eigenvalue weighted by atomic mass is 35.5. The smallest absolute Gasteiger partial charge is 0.410 e. The molecule has 0 saturated carbocycles. The monoisotopic (exact) mass is 326 g/mol. The maximum absolute atomic E-state index is 12.1. The van der Waals surface area contributed by atoms with E-state index in [0.717, 1.165) is 12.1 Å². The van der Waals surface area contributed by atoms with Gasteiger partial charge in [0.2, 0.25) is 0 Å². The first-order valence-electron chi connectivity index (χ1n) is 7.40. The molecule has 2 rings (SSSR count). The number of aromatic nitrogens is 2. The Balaban J connectivity index is 1.90. The van der Waals surface area contributed by atoms with Crippen molar-refractivity contribution in [3.8, 4) is 0 Å². The first-order valence-corrected chi connectivity index (χ1v) is 7.77. The molecule has 0 unspecified atom stereocenters. The minimum Gasteiger partial charge on any atom is -0.444 e. The first kappa shape index (κ1) is 17.0. The molecule has 0 N–H and O–H groups in total. The van der Waals surface area contributed by atoms with Crippen LogP contribution >= 0.6 is 11.6 Å². The molecule has 6 nitrogen and oxygen atoms in total. The van der Waals surface area contributed by atoms with Gasteiger partial charge in [-0.25, -0.2) is 9.78 Å². The molecule has 0 bridgehead atoms. The van der Waals surface area contributed by atoms with Gasteiger partial charge in [-0.1, -0.05) is 11.6 Å². The number of nitrogens with zero attached hydrogens (tertiary/aromatic N) is 4. The molecule has 0 spiro atoms. The van der Waals surface area contributed by atoms with E-state index in [4.69, 9.17) is 16.3 Å². The van der Waals surface area contributed by atoms with Gasteiger partial charge >= 0.3 is 6.09 Å². The molecule has 1 aliphatic rings. The van der Waals surface area contributed by atoms with E-state index in [1.165, 1.54) is 0 Å². The summed E-state index contributed by atoms with van der Waals surface area (Å²) >= 11 is 6.04. The molecule has 1 aliphatic heterocycles. The van der Waals surface area contributed by atoms with E-state index in [-0.39, 0.29) is 12.1 Å². The molecule has 22 heavy (non-hydrogen) atoms. The molecule has 1 aromatic heterocycles. The molecule has 122 valence electrons. The van der Waals surface area contributed by atoms with Gasteiger partial charge in [0.1, 0.15) is 5.60 Å².